The van der Waals surface area contributed by atoms with Crippen molar-refractivity contribution in [2.75, 3.05) is 13.2 Å². The van der Waals surface area contributed by atoms with Crippen molar-refractivity contribution < 1.29 is 33.0 Å². The molecule has 0 bridgehead atoms. The van der Waals surface area contributed by atoms with Gasteiger partial charge in [-0.25, -0.2) is 13.1 Å². The topological polar surface area (TPSA) is 148 Å². The molecular weight excluding hydrogens is 356 g/mol. The highest BCUT2D eigenvalue weighted by molar-refractivity contribution is 7.89. The van der Waals surface area contributed by atoms with Crippen LogP contribution in [0, 0.1) is 10.1 Å². The molecule has 1 aromatic carbocycles. The van der Waals surface area contributed by atoms with Crippen molar-refractivity contribution in [1.29, 1.82) is 0 Å². The van der Waals surface area contributed by atoms with Gasteiger partial charge in [-0.05, 0) is 12.1 Å². The Kier molecular flexibility index (Phi) is 5.04. The molecule has 0 aromatic heterocycles. The molecule has 2 aliphatic heterocycles. The van der Waals surface area contributed by atoms with Gasteiger partial charge in [0, 0.05) is 25.1 Å². The number of nitrogens with one attached hydrogen (secondary N) is 1. The van der Waals surface area contributed by atoms with Crippen LogP contribution in [0.3, 0.4) is 0 Å². The summed E-state index contributed by atoms with van der Waals surface area (Å²) in [5.41, 5.74) is -0.199. The summed E-state index contributed by atoms with van der Waals surface area (Å²) in [5.74, 6) is 0. The summed E-state index contributed by atoms with van der Waals surface area (Å²) in [4.78, 5) is 9.90. The lowest BCUT2D eigenvalue weighted by Gasteiger charge is -2.18. The monoisotopic (exact) mass is 374 g/mol. The third kappa shape index (κ3) is 3.66. The number of fused-ring (bicyclic) bond motifs is 1. The maximum Gasteiger partial charge on any atom is 0.269 e. The van der Waals surface area contributed by atoms with Crippen LogP contribution in [0.2, 0.25) is 0 Å². The number of hydrogen-bond acceptors (Lipinski definition) is 8. The Bertz CT molecular complexity index is 738. The lowest BCUT2D eigenvalue weighted by molar-refractivity contribution is -0.384. The minimum absolute atomic E-state index is 0.0216. The molecule has 1 aromatic rings. The van der Waals surface area contributed by atoms with E-state index in [9.17, 15) is 23.6 Å². The molecule has 11 heteroatoms. The Morgan fingerprint density at radius 1 is 1.28 bits per heavy atom. The first-order valence-corrected chi connectivity index (χ1v) is 9.14. The van der Waals surface area contributed by atoms with E-state index in [1.807, 2.05) is 0 Å². The number of nitro groups is 1. The Morgan fingerprint density at radius 3 is 2.52 bits per heavy atom. The minimum Gasteiger partial charge on any atom is -0.394 e. The van der Waals surface area contributed by atoms with Gasteiger partial charge in [-0.15, -0.1) is 0 Å². The van der Waals surface area contributed by atoms with Crippen LogP contribution in [0.15, 0.2) is 29.2 Å². The standard InChI is InChI=1S/C14H18N2O8S/c17-7-12-13(18)14-11(24-12)5-9(23-14)6-15-25(21,22)10-3-1-8(2-4-10)16(19)20/h1-4,9,11-15,17-18H,5-7H2/t9-,11+,12-,13-,14-/m1/s1. The number of sulfonamides is 1. The lowest BCUT2D eigenvalue weighted by atomic mass is 10.1. The van der Waals surface area contributed by atoms with Gasteiger partial charge in [0.25, 0.3) is 5.69 Å². The highest BCUT2D eigenvalue weighted by Crippen LogP contribution is 2.34. The summed E-state index contributed by atoms with van der Waals surface area (Å²) < 4.78 is 37.9. The quantitative estimate of drug-likeness (QED) is 0.431. The van der Waals surface area contributed by atoms with Gasteiger partial charge in [-0.1, -0.05) is 0 Å². The van der Waals surface area contributed by atoms with Gasteiger partial charge in [0.2, 0.25) is 10.0 Å². The predicted octanol–water partition coefficient (Wildman–Crippen LogP) is -0.849. The summed E-state index contributed by atoms with van der Waals surface area (Å²) in [7, 11) is -3.84. The highest BCUT2D eigenvalue weighted by atomic mass is 32.2. The number of benzene rings is 1. The summed E-state index contributed by atoms with van der Waals surface area (Å²) in [5, 5.41) is 29.6. The van der Waals surface area contributed by atoms with Crippen LogP contribution >= 0.6 is 0 Å². The molecule has 0 spiro atoms. The third-order valence-electron chi connectivity index (χ3n) is 4.32. The maximum absolute atomic E-state index is 12.2. The zero-order valence-electron chi connectivity index (χ0n) is 13.0. The fraction of sp³-hybridized carbons (Fsp3) is 0.571. The van der Waals surface area contributed by atoms with Crippen molar-refractivity contribution >= 4 is 15.7 Å². The number of rotatable bonds is 6. The Labute approximate surface area is 143 Å². The molecule has 0 amide bonds. The van der Waals surface area contributed by atoms with Crippen LogP contribution < -0.4 is 4.72 Å². The average molecular weight is 374 g/mol. The van der Waals surface area contributed by atoms with E-state index in [1.54, 1.807) is 0 Å². The summed E-state index contributed by atoms with van der Waals surface area (Å²) in [6.07, 6.45) is -2.70. The van der Waals surface area contributed by atoms with E-state index in [-0.39, 0.29) is 29.8 Å². The third-order valence-corrected chi connectivity index (χ3v) is 5.76. The first-order valence-electron chi connectivity index (χ1n) is 7.66. The van der Waals surface area contributed by atoms with E-state index in [0.717, 1.165) is 24.3 Å². The summed E-state index contributed by atoms with van der Waals surface area (Å²) >= 11 is 0. The number of hydrogen-bond donors (Lipinski definition) is 3. The van der Waals surface area contributed by atoms with Gasteiger partial charge in [0.1, 0.15) is 18.3 Å². The number of non-ortho nitro benzene ring substituents is 1. The number of aliphatic hydroxyl groups is 2. The fourth-order valence-corrected chi connectivity index (χ4v) is 4.09. The van der Waals surface area contributed by atoms with E-state index < -0.39 is 39.4 Å². The molecule has 2 fully saturated rings. The van der Waals surface area contributed by atoms with Gasteiger partial charge in [-0.2, -0.15) is 0 Å². The van der Waals surface area contributed by atoms with Gasteiger partial charge in [0.15, 0.2) is 0 Å². The molecule has 0 radical (unpaired) electrons. The molecule has 10 nitrogen and oxygen atoms in total. The highest BCUT2D eigenvalue weighted by Gasteiger charge is 2.50. The van der Waals surface area contributed by atoms with E-state index in [0.29, 0.717) is 6.42 Å². The molecule has 0 aliphatic carbocycles. The normalized spacial score (nSPS) is 31.8. The fourth-order valence-electron chi connectivity index (χ4n) is 3.02. The molecule has 0 saturated carbocycles. The number of aliphatic hydroxyl groups excluding tert-OH is 2. The van der Waals surface area contributed by atoms with Crippen molar-refractivity contribution in [2.45, 2.75) is 41.8 Å². The van der Waals surface area contributed by atoms with Gasteiger partial charge < -0.3 is 19.7 Å². The SMILES string of the molecule is O=[N+]([O-])c1ccc(S(=O)(=O)NC[C@H]2C[C@@H]3O[C@H](CO)[C@@H](O)[C@@H]3O2)cc1. The van der Waals surface area contributed by atoms with Crippen LogP contribution in [-0.4, -0.2) is 67.2 Å². The van der Waals surface area contributed by atoms with Crippen molar-refractivity contribution in [3.63, 3.8) is 0 Å². The zero-order valence-corrected chi connectivity index (χ0v) is 13.8. The average Bonchev–Trinajstić information content (AvgIpc) is 3.12. The first-order chi connectivity index (χ1) is 11.8. The largest absolute Gasteiger partial charge is 0.394 e. The van der Waals surface area contributed by atoms with Crippen LogP contribution in [0.5, 0.6) is 0 Å². The number of nitrogens with zero attached hydrogens (tertiary/aromatic N) is 1. The van der Waals surface area contributed by atoms with Crippen LogP contribution in [0.4, 0.5) is 5.69 Å². The van der Waals surface area contributed by atoms with Crippen LogP contribution in [0.25, 0.3) is 0 Å². The molecule has 0 unspecified atom stereocenters. The molecule has 138 valence electrons. The molecular formula is C14H18N2O8S. The number of ether oxygens (including phenoxy) is 2. The molecule has 3 N–H and O–H groups in total. The summed E-state index contributed by atoms with van der Waals surface area (Å²) in [6, 6.07) is 4.54. The Morgan fingerprint density at radius 2 is 1.96 bits per heavy atom. The van der Waals surface area contributed by atoms with Gasteiger partial charge in [-0.3, -0.25) is 10.1 Å². The van der Waals surface area contributed by atoms with E-state index in [1.165, 1.54) is 0 Å². The zero-order chi connectivity index (χ0) is 18.2. The second kappa shape index (κ2) is 6.94. The van der Waals surface area contributed by atoms with E-state index in [4.69, 9.17) is 14.6 Å². The number of nitro benzene ring substituents is 1. The van der Waals surface area contributed by atoms with E-state index >= 15 is 0 Å². The summed E-state index contributed by atoms with van der Waals surface area (Å²) in [6.45, 7) is -0.332. The van der Waals surface area contributed by atoms with Crippen molar-refractivity contribution in [1.82, 2.24) is 4.72 Å². The van der Waals surface area contributed by atoms with Crippen LogP contribution in [-0.2, 0) is 19.5 Å². The molecule has 3 rings (SSSR count). The molecule has 2 heterocycles. The molecule has 5 atom stereocenters. The second-order valence-corrected chi connectivity index (χ2v) is 7.71. The van der Waals surface area contributed by atoms with Gasteiger partial charge >= 0.3 is 0 Å². The molecule has 2 aliphatic rings. The minimum atomic E-state index is -3.84. The molecule has 25 heavy (non-hydrogen) atoms. The molecule has 2 saturated heterocycles. The van der Waals surface area contributed by atoms with Gasteiger partial charge in [0.05, 0.1) is 28.6 Å². The Hall–Kier alpha value is -1.63. The second-order valence-electron chi connectivity index (χ2n) is 5.95. The smallest absolute Gasteiger partial charge is 0.269 e. The van der Waals surface area contributed by atoms with Crippen molar-refractivity contribution in [3.05, 3.63) is 34.4 Å². The predicted molar refractivity (Wildman–Crippen MR) is 83.3 cm³/mol. The Balaban J connectivity index is 1.58. The van der Waals surface area contributed by atoms with Crippen molar-refractivity contribution in [3.8, 4) is 0 Å². The lowest BCUT2D eigenvalue weighted by Crippen LogP contribution is -2.37. The van der Waals surface area contributed by atoms with Crippen molar-refractivity contribution in [2.24, 2.45) is 0 Å². The van der Waals surface area contributed by atoms with E-state index in [2.05, 4.69) is 4.72 Å². The first kappa shape index (κ1) is 18.2. The maximum atomic E-state index is 12.2. The van der Waals surface area contributed by atoms with Crippen LogP contribution in [0.1, 0.15) is 6.42 Å².